The molecule has 0 fully saturated rings. The van der Waals surface area contributed by atoms with Crippen LogP contribution < -0.4 is 20.4 Å². The molecule has 0 aliphatic carbocycles. The molecule has 0 aromatic heterocycles. The summed E-state index contributed by atoms with van der Waals surface area (Å²) < 4.78 is 0. The average molecular weight is 495 g/mol. The average Bonchev–Trinajstić information content (AvgIpc) is 2.74. The Balaban J connectivity index is 0.000000486. The van der Waals surface area contributed by atoms with Gasteiger partial charge < -0.3 is 20.4 Å². The number of para-hydroxylation sites is 1. The van der Waals surface area contributed by atoms with Crippen molar-refractivity contribution in [2.75, 3.05) is 13.2 Å². The van der Waals surface area contributed by atoms with Crippen LogP contribution in [0.25, 0.3) is 0 Å². The topological polar surface area (TPSA) is 95.5 Å². The minimum atomic E-state index is -0.266. The summed E-state index contributed by atoms with van der Waals surface area (Å²) in [6, 6.07) is 13.0. The zero-order valence-electron chi connectivity index (χ0n) is 21.0. The van der Waals surface area contributed by atoms with Crippen LogP contribution in [-0.2, 0) is 34.8 Å². The van der Waals surface area contributed by atoms with Gasteiger partial charge in [0, 0.05) is 13.1 Å². The third-order valence-electron chi connectivity index (χ3n) is 5.60. The number of aryl methyl sites for hydroxylation is 6. The van der Waals surface area contributed by atoms with Crippen molar-refractivity contribution in [2.24, 2.45) is 0 Å². The zero-order chi connectivity index (χ0) is 24.7. The molecule has 6 heteroatoms. The van der Waals surface area contributed by atoms with E-state index in [2.05, 4.69) is 0 Å². The standard InChI is InChI=1S/C20H26NO3.C8H10O.Ti/c1-13-7-15(3)19(23)17(9-13)11-21(5-6-22)12-18-10-14(2)8-16(4)20(18)24;1-6-4-3-5-7(2)8(6)9;/h7-10,23-24H,5-6,11-12H2,1-4H3;3-5,9H,1-2H3;/q-1;;+4/p-3. The van der Waals surface area contributed by atoms with Crippen LogP contribution in [-0.4, -0.2) is 18.1 Å². The molecular formula is C28H33NO4Ti. The molecule has 0 heterocycles. The van der Waals surface area contributed by atoms with Crippen molar-refractivity contribution < 1.29 is 42.1 Å². The number of hydrogen-bond donors (Lipinski definition) is 0. The van der Waals surface area contributed by atoms with Gasteiger partial charge in [-0.2, -0.15) is 0 Å². The molecule has 178 valence electrons. The molecule has 0 aliphatic rings. The summed E-state index contributed by atoms with van der Waals surface area (Å²) in [6.45, 7) is 12.0. The molecule has 0 atom stereocenters. The van der Waals surface area contributed by atoms with Crippen LogP contribution in [0.4, 0.5) is 0 Å². The monoisotopic (exact) mass is 495 g/mol. The van der Waals surface area contributed by atoms with E-state index in [-0.39, 0.29) is 45.6 Å². The number of hydrogen-bond acceptors (Lipinski definition) is 5. The van der Waals surface area contributed by atoms with E-state index in [1.54, 1.807) is 13.8 Å². The Kier molecular flexibility index (Phi) is 11.8. The first-order valence-corrected chi connectivity index (χ1v) is 11.1. The van der Waals surface area contributed by atoms with E-state index in [4.69, 9.17) is 0 Å². The van der Waals surface area contributed by atoms with Gasteiger partial charge in [-0.25, -0.2) is 0 Å². The maximum absolute atomic E-state index is 12.3. The van der Waals surface area contributed by atoms with Gasteiger partial charge in [-0.05, 0) is 59.2 Å². The number of rotatable bonds is 6. The fraction of sp³-hybridized carbons (Fsp3) is 0.357. The summed E-state index contributed by atoms with van der Waals surface area (Å²) in [5.74, 6) is 0.191. The van der Waals surface area contributed by atoms with Crippen molar-refractivity contribution in [3.63, 3.8) is 0 Å². The van der Waals surface area contributed by atoms with E-state index in [0.29, 0.717) is 41.9 Å². The SMILES string of the molecule is Cc1cc(C)c([O-])c(CN(CC[O-])Cc2cc(C)cc(C)c2[O-])c1.Cc1cccc(C)c1[O-].[Ti+4]. The second-order valence-electron chi connectivity index (χ2n) is 8.78. The molecule has 0 bridgehead atoms. The van der Waals surface area contributed by atoms with Crippen LogP contribution in [0.2, 0.25) is 0 Å². The van der Waals surface area contributed by atoms with Crippen molar-refractivity contribution in [2.45, 2.75) is 54.6 Å². The molecule has 0 amide bonds. The predicted molar refractivity (Wildman–Crippen MR) is 125 cm³/mol. The number of nitrogens with zero attached hydrogens (tertiary/aromatic N) is 1. The first kappa shape index (κ1) is 29.7. The van der Waals surface area contributed by atoms with E-state index in [1.807, 2.05) is 75.1 Å². The van der Waals surface area contributed by atoms with Gasteiger partial charge in [-0.1, -0.05) is 75.8 Å². The first-order valence-electron chi connectivity index (χ1n) is 11.1. The minimum Gasteiger partial charge on any atom is -0.872 e. The van der Waals surface area contributed by atoms with Gasteiger partial charge in [0.2, 0.25) is 0 Å². The van der Waals surface area contributed by atoms with Crippen molar-refractivity contribution >= 4 is 0 Å². The molecular weight excluding hydrogens is 462 g/mol. The number of benzene rings is 3. The second-order valence-corrected chi connectivity index (χ2v) is 8.78. The fourth-order valence-corrected chi connectivity index (χ4v) is 3.94. The smallest absolute Gasteiger partial charge is 0.872 e. The summed E-state index contributed by atoms with van der Waals surface area (Å²) >= 11 is 0. The Hall–Kier alpha value is -2.31. The van der Waals surface area contributed by atoms with Gasteiger partial charge in [0.25, 0.3) is 0 Å². The molecule has 3 aromatic rings. The van der Waals surface area contributed by atoms with Gasteiger partial charge in [-0.15, -0.1) is 23.9 Å². The maximum Gasteiger partial charge on any atom is 4.00 e. The summed E-state index contributed by atoms with van der Waals surface area (Å²) in [6.07, 6.45) is 0. The maximum atomic E-state index is 12.3. The molecule has 0 aliphatic heterocycles. The molecule has 0 spiro atoms. The van der Waals surface area contributed by atoms with Crippen LogP contribution in [0.3, 0.4) is 0 Å². The molecule has 3 aromatic carbocycles. The second kappa shape index (κ2) is 13.5. The molecule has 0 unspecified atom stereocenters. The largest absolute Gasteiger partial charge is 4.00 e. The van der Waals surface area contributed by atoms with Crippen LogP contribution >= 0.6 is 0 Å². The Morgan fingerprint density at radius 3 is 1.38 bits per heavy atom. The summed E-state index contributed by atoms with van der Waals surface area (Å²) in [7, 11) is 0. The Labute approximate surface area is 218 Å². The van der Waals surface area contributed by atoms with Crippen molar-refractivity contribution in [3.05, 3.63) is 87.0 Å². The quantitative estimate of drug-likeness (QED) is 0.490. The van der Waals surface area contributed by atoms with E-state index < -0.39 is 0 Å². The van der Waals surface area contributed by atoms with Gasteiger partial charge >= 0.3 is 21.7 Å². The van der Waals surface area contributed by atoms with Crippen molar-refractivity contribution in [3.8, 4) is 17.2 Å². The first-order chi connectivity index (χ1) is 15.5. The van der Waals surface area contributed by atoms with E-state index in [1.165, 1.54) is 0 Å². The Morgan fingerprint density at radius 2 is 1.03 bits per heavy atom. The van der Waals surface area contributed by atoms with Gasteiger partial charge in [0.15, 0.2) is 0 Å². The van der Waals surface area contributed by atoms with Gasteiger partial charge in [0.05, 0.1) is 0 Å². The summed E-state index contributed by atoms with van der Waals surface area (Å²) in [5.41, 5.74) is 6.49. The minimum absolute atomic E-state index is 0. The van der Waals surface area contributed by atoms with Crippen LogP contribution in [0.1, 0.15) is 44.5 Å². The summed E-state index contributed by atoms with van der Waals surface area (Å²) in [5, 5.41) is 46.8. The van der Waals surface area contributed by atoms with Gasteiger partial charge in [-0.3, -0.25) is 4.90 Å². The van der Waals surface area contributed by atoms with Crippen LogP contribution in [0, 0.1) is 41.5 Å². The predicted octanol–water partition coefficient (Wildman–Crippen LogP) is 2.80. The van der Waals surface area contributed by atoms with E-state index in [0.717, 1.165) is 22.3 Å². The molecule has 34 heavy (non-hydrogen) atoms. The third kappa shape index (κ3) is 8.17. The van der Waals surface area contributed by atoms with E-state index >= 15 is 0 Å². The molecule has 3 rings (SSSR count). The molecule has 0 radical (unpaired) electrons. The fourth-order valence-electron chi connectivity index (χ4n) is 3.94. The van der Waals surface area contributed by atoms with Crippen LogP contribution in [0.5, 0.6) is 17.2 Å². The Morgan fingerprint density at radius 1 is 0.618 bits per heavy atom. The zero-order valence-corrected chi connectivity index (χ0v) is 22.5. The van der Waals surface area contributed by atoms with E-state index in [9.17, 15) is 20.4 Å². The van der Waals surface area contributed by atoms with Crippen LogP contribution in [0.15, 0.2) is 42.5 Å². The molecule has 0 N–H and O–H groups in total. The Bertz CT molecular complexity index is 1020. The molecule has 0 saturated carbocycles. The molecule has 0 saturated heterocycles. The summed E-state index contributed by atoms with van der Waals surface area (Å²) in [4.78, 5) is 1.89. The van der Waals surface area contributed by atoms with Crippen molar-refractivity contribution in [1.82, 2.24) is 4.90 Å². The van der Waals surface area contributed by atoms with Gasteiger partial charge in [0.1, 0.15) is 0 Å². The normalized spacial score (nSPS) is 10.5. The molecule has 5 nitrogen and oxygen atoms in total. The third-order valence-corrected chi connectivity index (χ3v) is 5.60. The van der Waals surface area contributed by atoms with Crippen molar-refractivity contribution in [1.29, 1.82) is 0 Å².